The van der Waals surface area contributed by atoms with Crippen molar-refractivity contribution in [1.29, 1.82) is 0 Å². The number of quaternary nitrogens is 1. The van der Waals surface area contributed by atoms with E-state index in [-0.39, 0.29) is 35.3 Å². The highest BCUT2D eigenvalue weighted by molar-refractivity contribution is 5.88. The Balaban J connectivity index is 0.00000193. The van der Waals surface area contributed by atoms with Crippen molar-refractivity contribution < 1.29 is 45.6 Å². The molecular weight excluding hydrogens is 450 g/mol. The maximum Gasteiger partial charge on any atom is 0.348 e. The number of fused-ring (bicyclic) bond motifs is 7. The van der Waals surface area contributed by atoms with Gasteiger partial charge in [0.1, 0.15) is 41.9 Å². The number of rotatable bonds is 2. The van der Waals surface area contributed by atoms with E-state index in [1.165, 1.54) is 0 Å². The van der Waals surface area contributed by atoms with Gasteiger partial charge in [0.2, 0.25) is 5.60 Å². The van der Waals surface area contributed by atoms with E-state index < -0.39 is 11.6 Å². The quantitative estimate of drug-likeness (QED) is 0.356. The minimum atomic E-state index is -1.88. The molecule has 158 valence electrons. The second-order valence-electron chi connectivity index (χ2n) is 9.13. The van der Waals surface area contributed by atoms with Crippen molar-refractivity contribution in [2.24, 2.45) is 0 Å². The van der Waals surface area contributed by atoms with E-state index in [0.29, 0.717) is 34.7 Å². The largest absolute Gasteiger partial charge is 1.00 e. The number of ether oxygens (including phenoxy) is 3. The molecule has 7 heteroatoms. The van der Waals surface area contributed by atoms with Gasteiger partial charge in [-0.25, -0.2) is 4.79 Å². The summed E-state index contributed by atoms with van der Waals surface area (Å²) in [7, 11) is 4.47. The summed E-state index contributed by atoms with van der Waals surface area (Å²) in [5.41, 5.74) is -1.04. The first kappa shape index (κ1) is 20.0. The Morgan fingerprint density at radius 3 is 2.03 bits per heavy atom. The van der Waals surface area contributed by atoms with Crippen molar-refractivity contribution in [1.82, 2.24) is 0 Å². The van der Waals surface area contributed by atoms with Crippen LogP contribution in [0.4, 0.5) is 0 Å². The van der Waals surface area contributed by atoms with Gasteiger partial charge < -0.3 is 40.8 Å². The normalized spacial score (nSPS) is 33.1. The van der Waals surface area contributed by atoms with E-state index in [0.717, 1.165) is 17.3 Å². The van der Waals surface area contributed by atoms with Crippen LogP contribution in [0.25, 0.3) is 0 Å². The molecule has 6 rings (SSSR count). The second kappa shape index (κ2) is 6.53. The Morgan fingerprint density at radius 1 is 1.00 bits per heavy atom. The standard InChI is InChI=1S/C23H24NO5.BrH/c1-24(2)16-11-13(12-17(24)21-20(16)29-21)27-22(25)23(26)14-7-3-5-9-18(14)28-19-10-6-4-8-15(19)23;/h3-10,13,16-17,20-21,26H,11-12H2,1-2H3;1H/q+1;/p-1/t13?,16-,17?,20+,21?;/m0./s1. The van der Waals surface area contributed by atoms with Crippen LogP contribution in [0.2, 0.25) is 0 Å². The summed E-state index contributed by atoms with van der Waals surface area (Å²) in [4.78, 5) is 13.4. The Labute approximate surface area is 185 Å². The fourth-order valence-corrected chi connectivity index (χ4v) is 5.73. The zero-order valence-electron chi connectivity index (χ0n) is 16.8. The number of piperidine rings is 1. The summed E-state index contributed by atoms with van der Waals surface area (Å²) in [6.07, 6.45) is 1.86. The molecule has 3 fully saturated rings. The number of halogens is 1. The number of nitrogens with zero attached hydrogens (tertiary/aromatic N) is 1. The molecular formula is C23H24BrNO5. The summed E-state index contributed by atoms with van der Waals surface area (Å²) in [5, 5.41) is 11.7. The minimum Gasteiger partial charge on any atom is -1.00 e. The van der Waals surface area contributed by atoms with Crippen molar-refractivity contribution >= 4 is 5.97 Å². The van der Waals surface area contributed by atoms with Crippen LogP contribution in [0, 0.1) is 0 Å². The predicted molar refractivity (Wildman–Crippen MR) is 103 cm³/mol. The van der Waals surface area contributed by atoms with Gasteiger partial charge in [0.25, 0.3) is 0 Å². The first-order valence-corrected chi connectivity index (χ1v) is 10.2. The number of likely N-dealkylation sites (N-methyl/N-ethyl adjacent to an activating group) is 1. The molecule has 2 aromatic carbocycles. The molecule has 0 amide bonds. The first-order valence-electron chi connectivity index (χ1n) is 10.2. The summed E-state index contributed by atoms with van der Waals surface area (Å²) in [6, 6.07) is 14.9. The Hall–Kier alpha value is -1.93. The van der Waals surface area contributed by atoms with E-state index in [1.54, 1.807) is 36.4 Å². The molecule has 4 heterocycles. The van der Waals surface area contributed by atoms with Crippen molar-refractivity contribution in [3.05, 3.63) is 59.7 Å². The van der Waals surface area contributed by atoms with Gasteiger partial charge in [0, 0.05) is 24.0 Å². The van der Waals surface area contributed by atoms with Crippen LogP contribution in [0.15, 0.2) is 48.5 Å². The molecule has 5 atom stereocenters. The number of hydrogen-bond donors (Lipinski definition) is 1. The number of benzene rings is 2. The average molecular weight is 474 g/mol. The molecule has 0 aliphatic carbocycles. The fourth-order valence-electron chi connectivity index (χ4n) is 5.73. The monoisotopic (exact) mass is 473 g/mol. The molecule has 3 unspecified atom stereocenters. The molecule has 2 aromatic rings. The van der Waals surface area contributed by atoms with Crippen LogP contribution in [0.3, 0.4) is 0 Å². The van der Waals surface area contributed by atoms with Crippen molar-refractivity contribution in [3.63, 3.8) is 0 Å². The van der Waals surface area contributed by atoms with Crippen LogP contribution >= 0.6 is 0 Å². The SMILES string of the molecule is C[N+]1(C)C2CC(OC(=O)C3(O)c4ccccc4Oc4ccccc43)C[C@H]1[C@H]1OC21.[Br-]. The van der Waals surface area contributed by atoms with Crippen LogP contribution in [-0.4, -0.2) is 60.0 Å². The summed E-state index contributed by atoms with van der Waals surface area (Å²) >= 11 is 0. The number of esters is 1. The number of para-hydroxylation sites is 2. The van der Waals surface area contributed by atoms with E-state index in [9.17, 15) is 9.90 Å². The molecule has 0 aromatic heterocycles. The molecule has 30 heavy (non-hydrogen) atoms. The van der Waals surface area contributed by atoms with Crippen molar-refractivity contribution in [3.8, 4) is 11.5 Å². The van der Waals surface area contributed by atoms with Crippen LogP contribution in [-0.2, 0) is 19.9 Å². The average Bonchev–Trinajstić information content (AvgIpc) is 3.46. The molecule has 3 saturated heterocycles. The molecule has 4 aliphatic rings. The smallest absolute Gasteiger partial charge is 0.348 e. The third-order valence-electron chi connectivity index (χ3n) is 7.38. The highest BCUT2D eigenvalue weighted by Crippen LogP contribution is 2.52. The van der Waals surface area contributed by atoms with E-state index in [4.69, 9.17) is 14.2 Å². The summed E-state index contributed by atoms with van der Waals surface area (Å²) in [6.45, 7) is 0. The van der Waals surface area contributed by atoms with Gasteiger partial charge in [-0.05, 0) is 12.1 Å². The Bertz CT molecular complexity index is 959. The predicted octanol–water partition coefficient (Wildman–Crippen LogP) is -0.668. The lowest BCUT2D eigenvalue weighted by Crippen LogP contribution is -3.00. The van der Waals surface area contributed by atoms with Gasteiger partial charge in [-0.2, -0.15) is 0 Å². The third-order valence-corrected chi connectivity index (χ3v) is 7.38. The Morgan fingerprint density at radius 2 is 1.50 bits per heavy atom. The van der Waals surface area contributed by atoms with Gasteiger partial charge in [-0.1, -0.05) is 36.4 Å². The van der Waals surface area contributed by atoms with Gasteiger partial charge in [-0.3, -0.25) is 0 Å². The zero-order valence-corrected chi connectivity index (χ0v) is 18.4. The number of carbonyl (C=O) groups excluding carboxylic acids is 1. The molecule has 0 spiro atoms. The molecule has 4 aliphatic heterocycles. The van der Waals surface area contributed by atoms with E-state index in [2.05, 4.69) is 14.1 Å². The van der Waals surface area contributed by atoms with Crippen molar-refractivity contribution in [2.75, 3.05) is 14.1 Å². The third kappa shape index (κ3) is 2.56. The maximum atomic E-state index is 13.4. The van der Waals surface area contributed by atoms with Crippen LogP contribution in [0.1, 0.15) is 24.0 Å². The minimum absolute atomic E-state index is 0. The van der Waals surface area contributed by atoms with Gasteiger partial charge in [-0.15, -0.1) is 0 Å². The van der Waals surface area contributed by atoms with Crippen LogP contribution < -0.4 is 21.7 Å². The first-order chi connectivity index (χ1) is 13.9. The molecule has 0 radical (unpaired) electrons. The van der Waals surface area contributed by atoms with Gasteiger partial charge in [0.05, 0.1) is 14.1 Å². The van der Waals surface area contributed by atoms with Crippen molar-refractivity contribution in [2.45, 2.75) is 48.8 Å². The maximum absolute atomic E-state index is 13.4. The lowest BCUT2D eigenvalue weighted by Gasteiger charge is -2.45. The summed E-state index contributed by atoms with van der Waals surface area (Å²) < 4.78 is 18.6. The molecule has 2 bridgehead atoms. The highest BCUT2D eigenvalue weighted by atomic mass is 79.9. The Kier molecular flexibility index (Phi) is 4.35. The lowest BCUT2D eigenvalue weighted by atomic mass is 9.83. The van der Waals surface area contributed by atoms with Gasteiger partial charge >= 0.3 is 5.97 Å². The second-order valence-corrected chi connectivity index (χ2v) is 9.13. The molecule has 0 saturated carbocycles. The topological polar surface area (TPSA) is 68.3 Å². The zero-order chi connectivity index (χ0) is 20.0. The molecule has 6 nitrogen and oxygen atoms in total. The number of hydrogen-bond acceptors (Lipinski definition) is 5. The number of morpholine rings is 1. The fraction of sp³-hybridized carbons (Fsp3) is 0.435. The lowest BCUT2D eigenvalue weighted by molar-refractivity contribution is -0.938. The van der Waals surface area contributed by atoms with E-state index in [1.807, 2.05) is 12.1 Å². The van der Waals surface area contributed by atoms with E-state index >= 15 is 0 Å². The van der Waals surface area contributed by atoms with Crippen LogP contribution in [0.5, 0.6) is 11.5 Å². The number of epoxide rings is 1. The molecule has 1 N–H and O–H groups in total. The van der Waals surface area contributed by atoms with Gasteiger partial charge in [0.15, 0.2) is 0 Å². The highest BCUT2D eigenvalue weighted by Gasteiger charge is 2.71. The number of aliphatic hydroxyl groups is 1. The summed E-state index contributed by atoms with van der Waals surface area (Å²) in [5.74, 6) is 0.315. The number of carbonyl (C=O) groups is 1.